The summed E-state index contributed by atoms with van der Waals surface area (Å²) in [5, 5.41) is 2.77. The lowest BCUT2D eigenvalue weighted by Gasteiger charge is -2.16. The van der Waals surface area contributed by atoms with E-state index in [2.05, 4.69) is 10.3 Å². The molecule has 0 aliphatic carbocycles. The quantitative estimate of drug-likeness (QED) is 0.546. The smallest absolute Gasteiger partial charge is 0.340 e. The topological polar surface area (TPSA) is 98.9 Å². The summed E-state index contributed by atoms with van der Waals surface area (Å²) in [6.45, 7) is 1.70. The summed E-state index contributed by atoms with van der Waals surface area (Å²) < 4.78 is 35.5. The number of aryl methyl sites for hydroxylation is 1. The Morgan fingerprint density at radius 2 is 1.67 bits per heavy atom. The Hall–Kier alpha value is -4.01. The molecule has 0 saturated carbocycles. The van der Waals surface area contributed by atoms with Gasteiger partial charge in [-0.25, -0.2) is 9.18 Å². The van der Waals surface area contributed by atoms with Crippen molar-refractivity contribution in [1.82, 2.24) is 4.98 Å². The van der Waals surface area contributed by atoms with Gasteiger partial charge in [-0.05, 0) is 42.8 Å². The molecule has 0 unspecified atom stereocenters. The summed E-state index contributed by atoms with van der Waals surface area (Å²) in [7, 11) is 5.74. The Bertz CT molecular complexity index is 1240. The second-order valence-corrected chi connectivity index (χ2v) is 7.47. The van der Waals surface area contributed by atoms with E-state index in [1.807, 2.05) is 0 Å². The Kier molecular flexibility index (Phi) is 5.71. The number of nitrogens with one attached hydrogen (secondary N) is 2. The summed E-state index contributed by atoms with van der Waals surface area (Å²) in [6.07, 6.45) is 0. The van der Waals surface area contributed by atoms with E-state index in [4.69, 9.17) is 18.9 Å². The fourth-order valence-electron chi connectivity index (χ4n) is 4.27. The predicted molar refractivity (Wildman–Crippen MR) is 119 cm³/mol. The highest BCUT2D eigenvalue weighted by molar-refractivity contribution is 6.08. The van der Waals surface area contributed by atoms with Crippen LogP contribution in [0, 0.1) is 12.7 Å². The van der Waals surface area contributed by atoms with Gasteiger partial charge in [0.1, 0.15) is 5.82 Å². The molecule has 33 heavy (non-hydrogen) atoms. The first-order valence-electron chi connectivity index (χ1n) is 10.1. The predicted octanol–water partition coefficient (Wildman–Crippen LogP) is 4.03. The molecule has 1 aliphatic rings. The number of halogens is 1. The number of H-pyrrole nitrogens is 1. The van der Waals surface area contributed by atoms with Crippen molar-refractivity contribution in [1.29, 1.82) is 0 Å². The van der Waals surface area contributed by atoms with Crippen LogP contribution in [0.15, 0.2) is 30.3 Å². The molecule has 0 spiro atoms. The lowest BCUT2D eigenvalue weighted by atomic mass is 9.87. The monoisotopic (exact) mass is 454 g/mol. The molecule has 0 saturated heterocycles. The van der Waals surface area contributed by atoms with Gasteiger partial charge in [0.25, 0.3) is 0 Å². The van der Waals surface area contributed by atoms with Gasteiger partial charge in [0.15, 0.2) is 11.5 Å². The number of ether oxygens (including phenoxy) is 4. The molecule has 0 radical (unpaired) electrons. The molecule has 1 aliphatic heterocycles. The van der Waals surface area contributed by atoms with Gasteiger partial charge in [0, 0.05) is 22.5 Å². The summed E-state index contributed by atoms with van der Waals surface area (Å²) >= 11 is 0. The fraction of sp³-hybridized carbons (Fsp3) is 0.250. The first kappa shape index (κ1) is 22.2. The first-order chi connectivity index (χ1) is 15.8. The molecule has 0 fully saturated rings. The summed E-state index contributed by atoms with van der Waals surface area (Å²) in [6, 6.07) is 7.47. The van der Waals surface area contributed by atoms with Gasteiger partial charge in [-0.15, -0.1) is 0 Å². The number of methoxy groups -OCH3 is 4. The van der Waals surface area contributed by atoms with Crippen LogP contribution in [0.4, 0.5) is 10.1 Å². The van der Waals surface area contributed by atoms with E-state index in [9.17, 15) is 14.0 Å². The van der Waals surface area contributed by atoms with Crippen molar-refractivity contribution in [2.45, 2.75) is 12.8 Å². The number of carbonyl (C=O) groups excluding carboxylic acids is 2. The molecule has 9 heteroatoms. The summed E-state index contributed by atoms with van der Waals surface area (Å²) in [5.41, 5.74) is 3.04. The largest absolute Gasteiger partial charge is 0.493 e. The van der Waals surface area contributed by atoms with Crippen molar-refractivity contribution in [3.05, 3.63) is 58.5 Å². The molecule has 2 N–H and O–H groups in total. The number of rotatable bonds is 6. The zero-order chi connectivity index (χ0) is 23.9. The summed E-state index contributed by atoms with van der Waals surface area (Å²) in [5.74, 6) is -1.24. The maximum absolute atomic E-state index is 14.1. The molecule has 8 nitrogen and oxygen atoms in total. The molecular formula is C24H23FN2O6. The number of amides is 1. The molecule has 0 bridgehead atoms. The number of hydrogen-bond acceptors (Lipinski definition) is 6. The number of esters is 1. The number of carbonyl (C=O) groups is 2. The van der Waals surface area contributed by atoms with Crippen molar-refractivity contribution < 1.29 is 32.9 Å². The number of anilines is 1. The highest BCUT2D eigenvalue weighted by Gasteiger charge is 2.39. The highest BCUT2D eigenvalue weighted by Crippen LogP contribution is 2.47. The number of aromatic amines is 1. The standard InChI is InChI=1S/C24H23FN2O6/c1-11-18(24(29)33-5)20(19-14-10-13(25)6-7-15(14)27-23(19)28)21(26-11)12-8-16(30-2)22(32-4)17(9-12)31-3/h6-10,19,26H,1-5H3,(H,27,28)/t19-/m0/s1. The molecule has 2 heterocycles. The third-order valence-electron chi connectivity index (χ3n) is 5.70. The number of aromatic nitrogens is 1. The molecule has 172 valence electrons. The van der Waals surface area contributed by atoms with E-state index >= 15 is 0 Å². The second-order valence-electron chi connectivity index (χ2n) is 7.47. The van der Waals surface area contributed by atoms with Crippen molar-refractivity contribution in [3.63, 3.8) is 0 Å². The molecular weight excluding hydrogens is 431 g/mol. The molecule has 2 aromatic carbocycles. The number of hydrogen-bond donors (Lipinski definition) is 2. The van der Waals surface area contributed by atoms with Crippen LogP contribution in [0.5, 0.6) is 17.2 Å². The molecule has 1 aromatic heterocycles. The first-order valence-corrected chi connectivity index (χ1v) is 10.1. The maximum Gasteiger partial charge on any atom is 0.340 e. The van der Waals surface area contributed by atoms with E-state index in [1.165, 1.54) is 46.6 Å². The van der Waals surface area contributed by atoms with E-state index in [1.54, 1.807) is 19.1 Å². The Balaban J connectivity index is 2.03. The van der Waals surface area contributed by atoms with E-state index < -0.39 is 17.7 Å². The van der Waals surface area contributed by atoms with Crippen molar-refractivity contribution >= 4 is 17.6 Å². The van der Waals surface area contributed by atoms with Gasteiger partial charge in [-0.2, -0.15) is 0 Å². The zero-order valence-corrected chi connectivity index (χ0v) is 18.8. The summed E-state index contributed by atoms with van der Waals surface area (Å²) in [4.78, 5) is 29.0. The van der Waals surface area contributed by atoms with Gasteiger partial charge in [0.05, 0.1) is 45.6 Å². The highest BCUT2D eigenvalue weighted by atomic mass is 19.1. The van der Waals surface area contributed by atoms with Crippen LogP contribution in [-0.2, 0) is 9.53 Å². The molecule has 3 aromatic rings. The third-order valence-corrected chi connectivity index (χ3v) is 5.70. The number of benzene rings is 2. The fourth-order valence-corrected chi connectivity index (χ4v) is 4.27. The van der Waals surface area contributed by atoms with Gasteiger partial charge in [-0.1, -0.05) is 0 Å². The van der Waals surface area contributed by atoms with Gasteiger partial charge < -0.3 is 29.2 Å². The van der Waals surface area contributed by atoms with Crippen LogP contribution in [-0.4, -0.2) is 45.3 Å². The van der Waals surface area contributed by atoms with Crippen molar-refractivity contribution in [3.8, 4) is 28.5 Å². The minimum atomic E-state index is -0.941. The minimum absolute atomic E-state index is 0.207. The lowest BCUT2D eigenvalue weighted by Crippen LogP contribution is -2.17. The van der Waals surface area contributed by atoms with Crippen molar-refractivity contribution in [2.75, 3.05) is 33.8 Å². The average Bonchev–Trinajstić information content (AvgIpc) is 3.32. The normalized spacial score (nSPS) is 14.5. The third kappa shape index (κ3) is 3.55. The van der Waals surface area contributed by atoms with E-state index in [-0.39, 0.29) is 11.5 Å². The van der Waals surface area contributed by atoms with E-state index in [0.29, 0.717) is 51.0 Å². The van der Waals surface area contributed by atoms with Crippen LogP contribution in [0.1, 0.15) is 33.1 Å². The average molecular weight is 454 g/mol. The lowest BCUT2D eigenvalue weighted by molar-refractivity contribution is -0.116. The SMILES string of the molecule is COC(=O)c1c(C)[nH]c(-c2cc(OC)c(OC)c(OC)c2)c1[C@H]1C(=O)Nc2ccc(F)cc21. The Morgan fingerprint density at radius 1 is 1.00 bits per heavy atom. The molecule has 1 atom stereocenters. The minimum Gasteiger partial charge on any atom is -0.493 e. The van der Waals surface area contributed by atoms with Crippen molar-refractivity contribution in [2.24, 2.45) is 0 Å². The second kappa shape index (κ2) is 8.50. The maximum atomic E-state index is 14.1. The van der Waals surface area contributed by atoms with Crippen LogP contribution < -0.4 is 19.5 Å². The van der Waals surface area contributed by atoms with Gasteiger partial charge in [0.2, 0.25) is 11.7 Å². The van der Waals surface area contributed by atoms with Crippen LogP contribution in [0.2, 0.25) is 0 Å². The zero-order valence-electron chi connectivity index (χ0n) is 18.8. The van der Waals surface area contributed by atoms with Gasteiger partial charge in [-0.3, -0.25) is 4.79 Å². The molecule has 1 amide bonds. The van der Waals surface area contributed by atoms with Crippen LogP contribution in [0.25, 0.3) is 11.3 Å². The molecule has 4 rings (SSSR count). The van der Waals surface area contributed by atoms with Crippen LogP contribution in [0.3, 0.4) is 0 Å². The number of fused-ring (bicyclic) bond motifs is 1. The van der Waals surface area contributed by atoms with Gasteiger partial charge >= 0.3 is 5.97 Å². The Labute approximate surface area is 189 Å². The van der Waals surface area contributed by atoms with Crippen LogP contribution >= 0.6 is 0 Å². The Morgan fingerprint density at radius 3 is 2.24 bits per heavy atom. The van der Waals surface area contributed by atoms with E-state index in [0.717, 1.165) is 0 Å².